The third kappa shape index (κ3) is 4.80. The second kappa shape index (κ2) is 11.0. The summed E-state index contributed by atoms with van der Waals surface area (Å²) >= 11 is 0. The first kappa shape index (κ1) is 24.9. The van der Waals surface area contributed by atoms with Crippen LogP contribution in [0.25, 0.3) is 0 Å². The third-order valence-corrected chi connectivity index (χ3v) is 12.7. The number of unbranched alkanes of at least 4 members (excludes halogenated alkanes) is 1. The molecule has 3 nitrogen and oxygen atoms in total. The topological polar surface area (TPSA) is 52.3 Å². The molecule has 0 saturated heterocycles. The molecule has 0 unspecified atom stereocenters. The average molecular weight is 484 g/mol. The van der Waals surface area contributed by atoms with Crippen molar-refractivity contribution in [1.82, 2.24) is 0 Å². The molecule has 0 amide bonds. The molecule has 0 saturated carbocycles. The van der Waals surface area contributed by atoms with Gasteiger partial charge in [0.1, 0.15) is 0 Å². The van der Waals surface area contributed by atoms with Gasteiger partial charge >= 0.3 is 209 Å². The predicted molar refractivity (Wildman–Crippen MR) is 149 cm³/mol. The molecule has 0 aliphatic carbocycles. The van der Waals surface area contributed by atoms with E-state index in [-0.39, 0.29) is 5.97 Å². The maximum atomic E-state index is 13.9. The summed E-state index contributed by atoms with van der Waals surface area (Å²) in [6.45, 7) is -1.52. The Balaban J connectivity index is 1.95. The molecule has 0 radical (unpaired) electrons. The number of hydrogen-bond donors (Lipinski definition) is 1. The molecule has 0 bridgehead atoms. The van der Waals surface area contributed by atoms with Crippen LogP contribution in [0.3, 0.4) is 0 Å². The first-order chi connectivity index (χ1) is 17.1. The summed E-state index contributed by atoms with van der Waals surface area (Å²) in [5.74, 6) is -0.362. The average Bonchev–Trinajstić information content (AvgIpc) is 2.93. The predicted octanol–water partition coefficient (Wildman–Crippen LogP) is 5.34. The number of benzene rings is 4. The van der Waals surface area contributed by atoms with E-state index in [4.69, 9.17) is 10.3 Å². The van der Waals surface area contributed by atoms with Gasteiger partial charge in [-0.25, -0.2) is 0 Å². The molecule has 0 aromatic heterocycles. The van der Waals surface area contributed by atoms with Crippen LogP contribution in [-0.2, 0) is 15.7 Å². The van der Waals surface area contributed by atoms with E-state index >= 15 is 0 Å². The van der Waals surface area contributed by atoms with Gasteiger partial charge in [-0.2, -0.15) is 0 Å². The normalized spacial score (nSPS) is 13.4. The van der Waals surface area contributed by atoms with Gasteiger partial charge in [-0.3, -0.25) is 0 Å². The van der Waals surface area contributed by atoms with Crippen molar-refractivity contribution in [3.8, 4) is 0 Å². The number of carbonyl (C=O) groups is 1. The van der Waals surface area contributed by atoms with Gasteiger partial charge in [0.25, 0.3) is 0 Å². The first-order valence-corrected chi connectivity index (χ1v) is 14.7. The molecule has 4 aromatic carbocycles. The van der Waals surface area contributed by atoms with Crippen LogP contribution in [-0.4, -0.2) is 18.2 Å². The van der Waals surface area contributed by atoms with Gasteiger partial charge in [-0.1, -0.05) is 0 Å². The Kier molecular flexibility index (Phi) is 7.80. The summed E-state index contributed by atoms with van der Waals surface area (Å²) in [5, 5.41) is 3.14. The van der Waals surface area contributed by atoms with Crippen molar-refractivity contribution in [2.45, 2.75) is 32.2 Å². The summed E-state index contributed by atoms with van der Waals surface area (Å²) in [4.78, 5) is 13.9. The van der Waals surface area contributed by atoms with Crippen LogP contribution in [0.2, 0.25) is 0 Å². The Morgan fingerprint density at radius 2 is 1.11 bits per heavy atom. The Bertz CT molecular complexity index is 1110. The Morgan fingerprint density at radius 1 is 0.714 bits per heavy atom. The molecule has 35 heavy (non-hydrogen) atoms. The van der Waals surface area contributed by atoms with Crippen molar-refractivity contribution >= 4 is 28.7 Å². The van der Waals surface area contributed by atoms with E-state index in [0.29, 0.717) is 6.42 Å². The molecule has 4 heteroatoms. The molecular formula is C31H34NO2P. The van der Waals surface area contributed by atoms with Crippen molar-refractivity contribution in [2.75, 3.05) is 6.16 Å². The third-order valence-electron chi connectivity index (χ3n) is 6.74. The fourth-order valence-corrected chi connectivity index (χ4v) is 10.9. The number of nitrogens with two attached hydrogens (primary N) is 1. The van der Waals surface area contributed by atoms with E-state index in [1.165, 1.54) is 0 Å². The fourth-order valence-electron chi connectivity index (χ4n) is 4.95. The molecule has 4 aromatic rings. The van der Waals surface area contributed by atoms with Crippen LogP contribution in [0.15, 0.2) is 121 Å². The molecule has 0 spiro atoms. The standard InChI is InChI=1S/C31H34NO2P/c1-2-3-24-35(27-18-10-5-11-19-27,28-20-12-6-13-21-28,29-22-14-7-15-23-29)34-31(33)30(32)25-26-16-8-4-9-17-26/h4-23,30H,2-3,24-25,32H2,1H3/t30-/m1/s1. The van der Waals surface area contributed by atoms with E-state index in [1.54, 1.807) is 0 Å². The summed E-state index contributed by atoms with van der Waals surface area (Å²) < 4.78 is 6.99. The van der Waals surface area contributed by atoms with Crippen molar-refractivity contribution in [2.24, 2.45) is 5.73 Å². The van der Waals surface area contributed by atoms with Crippen LogP contribution >= 0.6 is 6.83 Å². The van der Waals surface area contributed by atoms with Gasteiger partial charge in [0.2, 0.25) is 0 Å². The summed E-state index contributed by atoms with van der Waals surface area (Å²) in [6, 6.07) is 40.0. The summed E-state index contributed by atoms with van der Waals surface area (Å²) in [6.07, 6.45) is 3.05. The number of rotatable bonds is 10. The maximum absolute atomic E-state index is 13.9. The first-order valence-electron chi connectivity index (χ1n) is 12.3. The van der Waals surface area contributed by atoms with Crippen LogP contribution in [0, 0.1) is 0 Å². The van der Waals surface area contributed by atoms with Gasteiger partial charge in [-0.15, -0.1) is 0 Å². The molecule has 0 heterocycles. The monoisotopic (exact) mass is 483 g/mol. The van der Waals surface area contributed by atoms with E-state index < -0.39 is 12.9 Å². The Hall–Kier alpha value is -3.26. The molecular weight excluding hydrogens is 449 g/mol. The van der Waals surface area contributed by atoms with E-state index in [0.717, 1.165) is 40.5 Å². The molecule has 1 atom stereocenters. The zero-order valence-corrected chi connectivity index (χ0v) is 21.2. The molecule has 2 N–H and O–H groups in total. The van der Waals surface area contributed by atoms with Gasteiger partial charge in [0, 0.05) is 0 Å². The van der Waals surface area contributed by atoms with Crippen LogP contribution < -0.4 is 21.6 Å². The second-order valence-corrected chi connectivity index (χ2v) is 13.6. The Labute approximate surface area is 209 Å². The minimum atomic E-state index is -3.69. The molecule has 0 aliphatic heterocycles. The Morgan fingerprint density at radius 3 is 1.51 bits per heavy atom. The molecule has 0 aliphatic rings. The van der Waals surface area contributed by atoms with Gasteiger partial charge < -0.3 is 0 Å². The van der Waals surface area contributed by atoms with Crippen LogP contribution in [0.1, 0.15) is 25.3 Å². The van der Waals surface area contributed by atoms with Crippen molar-refractivity contribution < 1.29 is 9.32 Å². The minimum absolute atomic E-state index is 0.362. The molecule has 180 valence electrons. The van der Waals surface area contributed by atoms with Gasteiger partial charge in [0.15, 0.2) is 0 Å². The SMILES string of the molecule is CCCCP(OC(=O)[C@H](N)Cc1ccccc1)(c1ccccc1)(c1ccccc1)c1ccccc1. The van der Waals surface area contributed by atoms with Gasteiger partial charge in [-0.05, 0) is 0 Å². The zero-order chi connectivity index (χ0) is 24.6. The molecule has 4 rings (SSSR count). The number of carbonyl (C=O) groups excluding carboxylic acids is 1. The van der Waals surface area contributed by atoms with E-state index in [2.05, 4.69) is 43.3 Å². The summed E-state index contributed by atoms with van der Waals surface area (Å²) in [7, 11) is 0. The zero-order valence-electron chi connectivity index (χ0n) is 20.3. The summed E-state index contributed by atoms with van der Waals surface area (Å²) in [5.41, 5.74) is 7.54. The quantitative estimate of drug-likeness (QED) is 0.310. The van der Waals surface area contributed by atoms with Gasteiger partial charge in [0.05, 0.1) is 0 Å². The van der Waals surface area contributed by atoms with Crippen molar-refractivity contribution in [1.29, 1.82) is 0 Å². The second-order valence-electron chi connectivity index (χ2n) is 9.00. The fraction of sp³-hybridized carbons (Fsp3) is 0.194. The van der Waals surface area contributed by atoms with Crippen molar-refractivity contribution in [3.05, 3.63) is 127 Å². The molecule has 0 fully saturated rings. The van der Waals surface area contributed by atoms with Crippen LogP contribution in [0.5, 0.6) is 0 Å². The van der Waals surface area contributed by atoms with E-state index in [9.17, 15) is 4.79 Å². The van der Waals surface area contributed by atoms with Crippen molar-refractivity contribution in [3.63, 3.8) is 0 Å². The van der Waals surface area contributed by atoms with E-state index in [1.807, 2.05) is 84.9 Å². The number of hydrogen-bond acceptors (Lipinski definition) is 3. The van der Waals surface area contributed by atoms with Crippen LogP contribution in [0.4, 0.5) is 0 Å².